The van der Waals surface area contributed by atoms with Crippen molar-refractivity contribution < 1.29 is 32.6 Å². The zero-order chi connectivity index (χ0) is 21.9. The summed E-state index contributed by atoms with van der Waals surface area (Å²) in [6.07, 6.45) is 3.05. The Labute approximate surface area is 173 Å². The first-order valence-corrected chi connectivity index (χ1v) is 9.75. The summed E-state index contributed by atoms with van der Waals surface area (Å²) in [6.45, 7) is -2.75. The number of halogens is 2. The fraction of sp³-hybridized carbons (Fsp3) is 0.550. The summed E-state index contributed by atoms with van der Waals surface area (Å²) >= 11 is 0. The Morgan fingerprint density at radius 1 is 1.27 bits per heavy atom. The van der Waals surface area contributed by atoms with Crippen molar-refractivity contribution in [2.75, 3.05) is 20.7 Å². The number of alkyl halides is 2. The number of nitrogens with zero attached hydrogens (tertiary/aromatic N) is 2. The van der Waals surface area contributed by atoms with Crippen molar-refractivity contribution in [2.45, 2.75) is 50.8 Å². The van der Waals surface area contributed by atoms with Crippen LogP contribution in [0.2, 0.25) is 0 Å². The van der Waals surface area contributed by atoms with E-state index >= 15 is 0 Å². The standard InChI is InChI=1S/C20H25F2N3O5/c1-24(12-13-5-6-14(30-18(21)22)15(11-13)29-2)16(26)7-10-25-17(27)20(23-19(25)28)8-3-4-9-20/h5-6,11,18H,3-4,7-10,12H2,1-2H3,(H,23,28). The zero-order valence-corrected chi connectivity index (χ0v) is 17.0. The van der Waals surface area contributed by atoms with Crippen LogP contribution in [0, 0.1) is 0 Å². The van der Waals surface area contributed by atoms with Crippen molar-refractivity contribution in [1.29, 1.82) is 0 Å². The highest BCUT2D eigenvalue weighted by atomic mass is 19.3. The van der Waals surface area contributed by atoms with Crippen molar-refractivity contribution in [3.05, 3.63) is 23.8 Å². The topological polar surface area (TPSA) is 88.2 Å². The number of ether oxygens (including phenoxy) is 2. The second-order valence-electron chi connectivity index (χ2n) is 7.54. The Hall–Kier alpha value is -2.91. The van der Waals surface area contributed by atoms with Crippen LogP contribution >= 0.6 is 0 Å². The first-order valence-electron chi connectivity index (χ1n) is 9.75. The van der Waals surface area contributed by atoms with Crippen LogP contribution in [0.4, 0.5) is 13.6 Å². The van der Waals surface area contributed by atoms with Crippen LogP contribution < -0.4 is 14.8 Å². The van der Waals surface area contributed by atoms with Gasteiger partial charge in [0.05, 0.1) is 7.11 Å². The van der Waals surface area contributed by atoms with Crippen molar-refractivity contribution in [3.8, 4) is 11.5 Å². The number of carbonyl (C=O) groups is 3. The van der Waals surface area contributed by atoms with Crippen LogP contribution in [0.3, 0.4) is 0 Å². The third-order valence-electron chi connectivity index (χ3n) is 5.54. The van der Waals surface area contributed by atoms with Gasteiger partial charge in [-0.3, -0.25) is 14.5 Å². The summed E-state index contributed by atoms with van der Waals surface area (Å²) < 4.78 is 34.3. The predicted octanol–water partition coefficient (Wildman–Crippen LogP) is 2.51. The molecular formula is C20H25F2N3O5. The van der Waals surface area contributed by atoms with Gasteiger partial charge >= 0.3 is 12.6 Å². The summed E-state index contributed by atoms with van der Waals surface area (Å²) in [5, 5.41) is 2.79. The zero-order valence-electron chi connectivity index (χ0n) is 17.0. The molecule has 0 radical (unpaired) electrons. The number of benzene rings is 1. The average molecular weight is 425 g/mol. The predicted molar refractivity (Wildman–Crippen MR) is 102 cm³/mol. The monoisotopic (exact) mass is 425 g/mol. The number of carbonyl (C=O) groups excluding carboxylic acids is 3. The lowest BCUT2D eigenvalue weighted by Gasteiger charge is -2.21. The molecule has 1 heterocycles. The molecule has 0 atom stereocenters. The van der Waals surface area contributed by atoms with Gasteiger partial charge in [-0.25, -0.2) is 4.79 Å². The van der Waals surface area contributed by atoms with Gasteiger partial charge in [0.1, 0.15) is 5.54 Å². The molecule has 0 aromatic heterocycles. The summed E-state index contributed by atoms with van der Waals surface area (Å²) in [4.78, 5) is 39.9. The summed E-state index contributed by atoms with van der Waals surface area (Å²) in [7, 11) is 2.92. The molecule has 10 heteroatoms. The van der Waals surface area contributed by atoms with E-state index in [9.17, 15) is 23.2 Å². The van der Waals surface area contributed by atoms with E-state index in [0.29, 0.717) is 18.4 Å². The summed E-state index contributed by atoms with van der Waals surface area (Å²) in [6, 6.07) is 3.98. The van der Waals surface area contributed by atoms with Crippen LogP contribution in [-0.4, -0.2) is 60.5 Å². The lowest BCUT2D eigenvalue weighted by molar-refractivity contribution is -0.133. The minimum absolute atomic E-state index is 0.00451. The van der Waals surface area contributed by atoms with Crippen LogP contribution in [0.1, 0.15) is 37.7 Å². The fourth-order valence-electron chi connectivity index (χ4n) is 3.96. The van der Waals surface area contributed by atoms with Gasteiger partial charge < -0.3 is 19.7 Å². The molecule has 4 amide bonds. The van der Waals surface area contributed by atoms with Crippen LogP contribution in [0.5, 0.6) is 11.5 Å². The molecule has 30 heavy (non-hydrogen) atoms. The number of imide groups is 1. The van der Waals surface area contributed by atoms with Gasteiger partial charge in [-0.15, -0.1) is 0 Å². The molecule has 1 aromatic rings. The molecule has 0 unspecified atom stereocenters. The van der Waals surface area contributed by atoms with Gasteiger partial charge in [0.2, 0.25) is 5.91 Å². The normalized spacial score (nSPS) is 17.6. The van der Waals surface area contributed by atoms with E-state index in [-0.39, 0.29) is 42.8 Å². The number of rotatable bonds is 8. The van der Waals surface area contributed by atoms with Gasteiger partial charge in [0.15, 0.2) is 11.5 Å². The molecule has 164 valence electrons. The second-order valence-corrected chi connectivity index (χ2v) is 7.54. The quantitative estimate of drug-likeness (QED) is 0.647. The van der Waals surface area contributed by atoms with E-state index in [4.69, 9.17) is 4.74 Å². The smallest absolute Gasteiger partial charge is 0.387 e. The molecule has 3 rings (SSSR count). The molecule has 1 saturated heterocycles. The molecule has 1 N–H and O–H groups in total. The number of amides is 4. The van der Waals surface area contributed by atoms with Gasteiger partial charge in [-0.1, -0.05) is 18.9 Å². The van der Waals surface area contributed by atoms with E-state index in [1.807, 2.05) is 0 Å². The third-order valence-corrected chi connectivity index (χ3v) is 5.54. The Bertz CT molecular complexity index is 827. The molecule has 1 aliphatic heterocycles. The SMILES string of the molecule is COc1cc(CN(C)C(=O)CCN2C(=O)NC3(CCCC3)C2=O)ccc1OC(F)F. The van der Waals surface area contributed by atoms with Crippen LogP contribution in [-0.2, 0) is 16.1 Å². The fourth-order valence-corrected chi connectivity index (χ4v) is 3.96. The minimum Gasteiger partial charge on any atom is -0.493 e. The Morgan fingerprint density at radius 3 is 2.60 bits per heavy atom. The lowest BCUT2D eigenvalue weighted by Crippen LogP contribution is -2.44. The van der Waals surface area contributed by atoms with Crippen LogP contribution in [0.25, 0.3) is 0 Å². The average Bonchev–Trinajstić information content (AvgIpc) is 3.26. The first kappa shape index (κ1) is 21.8. The molecule has 0 bridgehead atoms. The van der Waals surface area contributed by atoms with Crippen LogP contribution in [0.15, 0.2) is 18.2 Å². The molecule has 8 nitrogen and oxygen atoms in total. The molecular weight excluding hydrogens is 400 g/mol. The van der Waals surface area contributed by atoms with E-state index < -0.39 is 18.2 Å². The number of urea groups is 1. The second kappa shape index (κ2) is 8.85. The highest BCUT2D eigenvalue weighted by molar-refractivity contribution is 6.07. The highest BCUT2D eigenvalue weighted by Gasteiger charge is 2.52. The molecule has 2 aliphatic rings. The van der Waals surface area contributed by atoms with Gasteiger partial charge in [-0.05, 0) is 30.5 Å². The Balaban J connectivity index is 1.56. The van der Waals surface area contributed by atoms with Crippen molar-refractivity contribution in [3.63, 3.8) is 0 Å². The van der Waals surface area contributed by atoms with Gasteiger partial charge in [0.25, 0.3) is 5.91 Å². The van der Waals surface area contributed by atoms with Crippen molar-refractivity contribution in [1.82, 2.24) is 15.1 Å². The van der Waals surface area contributed by atoms with Gasteiger partial charge in [0, 0.05) is 26.6 Å². The van der Waals surface area contributed by atoms with E-state index in [1.54, 1.807) is 13.1 Å². The maximum absolute atomic E-state index is 12.6. The number of methoxy groups -OCH3 is 1. The molecule has 1 aliphatic carbocycles. The van der Waals surface area contributed by atoms with E-state index in [2.05, 4.69) is 10.1 Å². The largest absolute Gasteiger partial charge is 0.493 e. The summed E-state index contributed by atoms with van der Waals surface area (Å²) in [5.41, 5.74) is -0.130. The summed E-state index contributed by atoms with van der Waals surface area (Å²) in [5.74, 6) is -0.464. The number of nitrogens with one attached hydrogen (secondary N) is 1. The Morgan fingerprint density at radius 2 is 1.97 bits per heavy atom. The first-order chi connectivity index (χ1) is 14.3. The molecule has 1 aromatic carbocycles. The maximum atomic E-state index is 12.6. The van der Waals surface area contributed by atoms with Gasteiger partial charge in [-0.2, -0.15) is 8.78 Å². The number of hydrogen-bond donors (Lipinski definition) is 1. The van der Waals surface area contributed by atoms with E-state index in [0.717, 1.165) is 17.7 Å². The Kier molecular flexibility index (Phi) is 6.42. The third kappa shape index (κ3) is 4.47. The molecule has 1 spiro atoms. The maximum Gasteiger partial charge on any atom is 0.387 e. The van der Waals surface area contributed by atoms with E-state index in [1.165, 1.54) is 24.1 Å². The lowest BCUT2D eigenvalue weighted by atomic mass is 9.98. The molecule has 2 fully saturated rings. The molecule has 1 saturated carbocycles. The number of hydrogen-bond acceptors (Lipinski definition) is 5. The van der Waals surface area contributed by atoms with Crippen molar-refractivity contribution in [2.24, 2.45) is 0 Å². The van der Waals surface area contributed by atoms with Crippen molar-refractivity contribution >= 4 is 17.8 Å². The highest BCUT2D eigenvalue weighted by Crippen LogP contribution is 2.35. The minimum atomic E-state index is -2.97.